The maximum Gasteiger partial charge on any atom is 0.227 e. The molecule has 0 spiro atoms. The Balaban J connectivity index is 1.47. The van der Waals surface area contributed by atoms with Crippen LogP contribution in [0.4, 0.5) is 5.69 Å². The van der Waals surface area contributed by atoms with Crippen molar-refractivity contribution < 1.29 is 14.3 Å². The molecule has 0 saturated carbocycles. The molecule has 2 aromatic carbocycles. The Morgan fingerprint density at radius 1 is 1.14 bits per heavy atom. The molecule has 0 unspecified atom stereocenters. The topological polar surface area (TPSA) is 58.6 Å². The van der Waals surface area contributed by atoms with Crippen LogP contribution in [0.1, 0.15) is 32.3 Å². The molecule has 2 amide bonds. The minimum Gasteiger partial charge on any atom is -0.491 e. The first kappa shape index (κ1) is 19.9. The molecule has 0 aliphatic carbocycles. The molecule has 1 aliphatic rings. The highest BCUT2D eigenvalue weighted by Gasteiger charge is 2.34. The highest BCUT2D eigenvalue weighted by atomic mass is 16.5. The monoisotopic (exact) mass is 380 g/mol. The van der Waals surface area contributed by atoms with Crippen molar-refractivity contribution in [3.63, 3.8) is 0 Å². The van der Waals surface area contributed by atoms with E-state index in [0.717, 1.165) is 24.3 Å². The van der Waals surface area contributed by atoms with E-state index in [1.807, 2.05) is 56.3 Å². The van der Waals surface area contributed by atoms with Crippen molar-refractivity contribution in [1.82, 2.24) is 5.32 Å². The first-order chi connectivity index (χ1) is 13.5. The van der Waals surface area contributed by atoms with Crippen LogP contribution in [-0.2, 0) is 16.0 Å². The number of amides is 2. The van der Waals surface area contributed by atoms with Crippen molar-refractivity contribution in [1.29, 1.82) is 0 Å². The third-order valence-electron chi connectivity index (χ3n) is 4.80. The fourth-order valence-corrected chi connectivity index (χ4v) is 3.40. The summed E-state index contributed by atoms with van der Waals surface area (Å²) in [5, 5.41) is 2.98. The second kappa shape index (κ2) is 9.40. The van der Waals surface area contributed by atoms with Gasteiger partial charge in [-0.3, -0.25) is 9.59 Å². The predicted molar refractivity (Wildman–Crippen MR) is 110 cm³/mol. The van der Waals surface area contributed by atoms with Gasteiger partial charge in [-0.1, -0.05) is 30.3 Å². The molecule has 28 heavy (non-hydrogen) atoms. The third kappa shape index (κ3) is 5.35. The molecule has 1 heterocycles. The van der Waals surface area contributed by atoms with Crippen molar-refractivity contribution in [3.05, 3.63) is 60.2 Å². The molecule has 3 rings (SSSR count). The smallest absolute Gasteiger partial charge is 0.227 e. The normalized spacial score (nSPS) is 16.5. The Labute approximate surface area is 166 Å². The van der Waals surface area contributed by atoms with E-state index in [1.54, 1.807) is 4.90 Å². The molecule has 0 radical (unpaired) electrons. The maximum atomic E-state index is 12.4. The van der Waals surface area contributed by atoms with Crippen LogP contribution in [0, 0.1) is 5.92 Å². The van der Waals surface area contributed by atoms with Gasteiger partial charge in [0, 0.05) is 25.2 Å². The summed E-state index contributed by atoms with van der Waals surface area (Å²) in [6.07, 6.45) is 2.18. The molecule has 1 fully saturated rings. The van der Waals surface area contributed by atoms with E-state index < -0.39 is 0 Å². The van der Waals surface area contributed by atoms with Gasteiger partial charge in [-0.2, -0.15) is 0 Å². The van der Waals surface area contributed by atoms with E-state index in [1.165, 1.54) is 5.56 Å². The Morgan fingerprint density at radius 2 is 1.86 bits per heavy atom. The fraction of sp³-hybridized carbons (Fsp3) is 0.391. The second-order valence-corrected chi connectivity index (χ2v) is 7.45. The highest BCUT2D eigenvalue weighted by Crippen LogP contribution is 2.27. The quantitative estimate of drug-likeness (QED) is 0.712. The summed E-state index contributed by atoms with van der Waals surface area (Å²) in [6, 6.07) is 17.7. The van der Waals surface area contributed by atoms with Crippen LogP contribution in [0.3, 0.4) is 0 Å². The van der Waals surface area contributed by atoms with Crippen LogP contribution in [0.15, 0.2) is 54.6 Å². The minimum absolute atomic E-state index is 0.0121. The maximum absolute atomic E-state index is 12.4. The molecule has 1 aliphatic heterocycles. The highest BCUT2D eigenvalue weighted by molar-refractivity contribution is 6.00. The fourth-order valence-electron chi connectivity index (χ4n) is 3.40. The summed E-state index contributed by atoms with van der Waals surface area (Å²) in [5.74, 6) is 0.430. The lowest BCUT2D eigenvalue weighted by atomic mass is 10.1. The SMILES string of the molecule is CC(C)Oc1ccc(N2C[C@H](C(=O)NCCCc3ccccc3)CC2=O)cc1. The van der Waals surface area contributed by atoms with Crippen LogP contribution in [0.5, 0.6) is 5.75 Å². The number of carbonyl (C=O) groups excluding carboxylic acids is 2. The van der Waals surface area contributed by atoms with Crippen molar-refractivity contribution >= 4 is 17.5 Å². The van der Waals surface area contributed by atoms with Gasteiger partial charge < -0.3 is 15.0 Å². The number of aryl methyl sites for hydroxylation is 1. The van der Waals surface area contributed by atoms with E-state index in [4.69, 9.17) is 4.74 Å². The standard InChI is InChI=1S/C23H28N2O3/c1-17(2)28-21-12-10-20(11-13-21)25-16-19(15-22(25)26)23(27)24-14-6-9-18-7-4-3-5-8-18/h3-5,7-8,10-13,17,19H,6,9,14-16H2,1-2H3,(H,24,27)/t19-/m1/s1. The van der Waals surface area contributed by atoms with Crippen LogP contribution in [0.25, 0.3) is 0 Å². The van der Waals surface area contributed by atoms with Crippen molar-refractivity contribution in [2.75, 3.05) is 18.0 Å². The van der Waals surface area contributed by atoms with E-state index in [9.17, 15) is 9.59 Å². The number of hydrogen-bond donors (Lipinski definition) is 1. The third-order valence-corrected chi connectivity index (χ3v) is 4.80. The summed E-state index contributed by atoms with van der Waals surface area (Å²) in [6.45, 7) is 5.00. The molecule has 5 nitrogen and oxygen atoms in total. The number of hydrogen-bond acceptors (Lipinski definition) is 3. The van der Waals surface area contributed by atoms with Crippen LogP contribution in [-0.4, -0.2) is 31.0 Å². The first-order valence-electron chi connectivity index (χ1n) is 9.91. The lowest BCUT2D eigenvalue weighted by Gasteiger charge is -2.18. The zero-order valence-corrected chi connectivity index (χ0v) is 16.6. The van der Waals surface area contributed by atoms with Crippen LogP contribution in [0.2, 0.25) is 0 Å². The number of benzene rings is 2. The summed E-state index contributed by atoms with van der Waals surface area (Å²) >= 11 is 0. The minimum atomic E-state index is -0.296. The average Bonchev–Trinajstić information content (AvgIpc) is 3.08. The van der Waals surface area contributed by atoms with E-state index >= 15 is 0 Å². The van der Waals surface area contributed by atoms with Gasteiger partial charge in [0.05, 0.1) is 12.0 Å². The zero-order chi connectivity index (χ0) is 19.9. The Kier molecular flexibility index (Phi) is 6.69. The predicted octanol–water partition coefficient (Wildman–Crippen LogP) is 3.58. The summed E-state index contributed by atoms with van der Waals surface area (Å²) in [5.41, 5.74) is 2.07. The van der Waals surface area contributed by atoms with Gasteiger partial charge in [0.15, 0.2) is 0 Å². The van der Waals surface area contributed by atoms with Crippen molar-refractivity contribution in [2.24, 2.45) is 5.92 Å². The van der Waals surface area contributed by atoms with Gasteiger partial charge in [-0.25, -0.2) is 0 Å². The van der Waals surface area contributed by atoms with Crippen LogP contribution < -0.4 is 15.0 Å². The molecule has 1 atom stereocenters. The number of carbonyl (C=O) groups is 2. The molecule has 2 aromatic rings. The van der Waals surface area contributed by atoms with Gasteiger partial charge >= 0.3 is 0 Å². The summed E-state index contributed by atoms with van der Waals surface area (Å²) in [4.78, 5) is 26.5. The van der Waals surface area contributed by atoms with E-state index in [2.05, 4.69) is 17.4 Å². The Bertz CT molecular complexity index is 787. The molecule has 0 bridgehead atoms. The van der Waals surface area contributed by atoms with Crippen molar-refractivity contribution in [3.8, 4) is 5.75 Å². The molecular formula is C23H28N2O3. The number of anilines is 1. The molecule has 1 N–H and O–H groups in total. The van der Waals surface area contributed by atoms with Gasteiger partial charge in [-0.15, -0.1) is 0 Å². The average molecular weight is 380 g/mol. The van der Waals surface area contributed by atoms with Crippen LogP contribution >= 0.6 is 0 Å². The van der Waals surface area contributed by atoms with Gasteiger partial charge in [0.2, 0.25) is 11.8 Å². The van der Waals surface area contributed by atoms with Gasteiger partial charge in [-0.05, 0) is 56.5 Å². The first-order valence-corrected chi connectivity index (χ1v) is 9.91. The molecule has 0 aromatic heterocycles. The van der Waals surface area contributed by atoms with Gasteiger partial charge in [0.25, 0.3) is 0 Å². The van der Waals surface area contributed by atoms with Crippen molar-refractivity contribution in [2.45, 2.75) is 39.2 Å². The lowest BCUT2D eigenvalue weighted by Crippen LogP contribution is -2.33. The number of rotatable bonds is 8. The van der Waals surface area contributed by atoms with Gasteiger partial charge in [0.1, 0.15) is 5.75 Å². The summed E-state index contributed by atoms with van der Waals surface area (Å²) < 4.78 is 5.64. The summed E-state index contributed by atoms with van der Waals surface area (Å²) in [7, 11) is 0. The number of nitrogens with one attached hydrogen (secondary N) is 1. The van der Waals surface area contributed by atoms with E-state index in [-0.39, 0.29) is 30.3 Å². The number of ether oxygens (including phenoxy) is 1. The molecule has 1 saturated heterocycles. The Morgan fingerprint density at radius 3 is 2.54 bits per heavy atom. The number of nitrogens with zero attached hydrogens (tertiary/aromatic N) is 1. The largest absolute Gasteiger partial charge is 0.491 e. The zero-order valence-electron chi connectivity index (χ0n) is 16.6. The van der Waals surface area contributed by atoms with E-state index in [0.29, 0.717) is 13.1 Å². The Hall–Kier alpha value is -2.82. The molecular weight excluding hydrogens is 352 g/mol. The molecule has 5 heteroatoms. The molecule has 148 valence electrons. The second-order valence-electron chi connectivity index (χ2n) is 7.45. The lowest BCUT2D eigenvalue weighted by molar-refractivity contribution is -0.126.